The van der Waals surface area contributed by atoms with Crippen molar-refractivity contribution in [1.29, 1.82) is 0 Å². The fraction of sp³-hybridized carbons (Fsp3) is 0.886. The van der Waals surface area contributed by atoms with Crippen LogP contribution in [0.5, 0.6) is 0 Å². The number of hydrogen-bond acceptors (Lipinski definition) is 11. The van der Waals surface area contributed by atoms with Crippen LogP contribution in [0.25, 0.3) is 0 Å². The Bertz CT molecular complexity index is 1390. The van der Waals surface area contributed by atoms with Crippen LogP contribution in [0.4, 0.5) is 0 Å². The average molecular weight is 863 g/mol. The lowest BCUT2D eigenvalue weighted by Gasteiger charge is -2.64. The van der Waals surface area contributed by atoms with Crippen molar-refractivity contribution in [3.05, 3.63) is 0 Å². The molecule has 0 radical (unpaired) electrons. The topological polar surface area (TPSA) is 262 Å². The Morgan fingerprint density at radius 3 is 1.74 bits per heavy atom. The molecule has 3 aliphatic carbocycles. The third kappa shape index (κ3) is 15.7. The molecule has 2 bridgehead atoms. The van der Waals surface area contributed by atoms with Crippen LogP contribution < -0.4 is 43.8 Å². The summed E-state index contributed by atoms with van der Waals surface area (Å²) in [6.07, 6.45) is 16.2. The Labute approximate surface area is 366 Å². The van der Waals surface area contributed by atoms with Gasteiger partial charge in [-0.2, -0.15) is 0 Å². The highest BCUT2D eigenvalue weighted by Gasteiger charge is 2.68. The van der Waals surface area contributed by atoms with Crippen LogP contribution in [0, 0.1) is 17.3 Å². The number of nitrogens with one attached hydrogen (secondary N) is 5. The van der Waals surface area contributed by atoms with Gasteiger partial charge in [0.05, 0.1) is 23.8 Å². The Morgan fingerprint density at radius 2 is 1.18 bits per heavy atom. The number of aliphatic hydroxyl groups is 1. The first kappa shape index (κ1) is 52.5. The molecular formula is C44H83BN8O8. The van der Waals surface area contributed by atoms with Gasteiger partial charge in [-0.1, -0.05) is 78.1 Å². The monoisotopic (exact) mass is 863 g/mol. The van der Waals surface area contributed by atoms with Crippen LogP contribution in [0.2, 0.25) is 0 Å². The van der Waals surface area contributed by atoms with Gasteiger partial charge in [0.15, 0.2) is 0 Å². The van der Waals surface area contributed by atoms with Crippen LogP contribution in [0.15, 0.2) is 0 Å². The van der Waals surface area contributed by atoms with Crippen molar-refractivity contribution in [2.24, 2.45) is 34.5 Å². The first-order valence-corrected chi connectivity index (χ1v) is 23.6. The summed E-state index contributed by atoms with van der Waals surface area (Å²) >= 11 is 0. The zero-order chi connectivity index (χ0) is 45.2. The summed E-state index contributed by atoms with van der Waals surface area (Å²) in [7, 11) is -0.639. The molecule has 1 aliphatic heterocycles. The number of carbonyl (C=O) groups excluding carboxylic acids is 5. The molecule has 4 rings (SSSR count). The van der Waals surface area contributed by atoms with E-state index in [9.17, 15) is 29.1 Å². The second-order valence-electron chi connectivity index (χ2n) is 18.9. The third-order valence-electron chi connectivity index (χ3n) is 13.6. The molecule has 0 unspecified atom stereocenters. The van der Waals surface area contributed by atoms with E-state index < -0.39 is 72.6 Å². The van der Waals surface area contributed by atoms with Crippen molar-refractivity contribution < 1.29 is 38.4 Å². The van der Waals surface area contributed by atoms with E-state index in [0.29, 0.717) is 44.1 Å². The van der Waals surface area contributed by atoms with Gasteiger partial charge in [0, 0.05) is 6.42 Å². The Morgan fingerprint density at radius 1 is 0.639 bits per heavy atom. The molecule has 0 spiro atoms. The van der Waals surface area contributed by atoms with Crippen molar-refractivity contribution in [2.45, 2.75) is 211 Å². The molecule has 17 heteroatoms. The molecule has 0 aromatic rings. The lowest BCUT2D eigenvalue weighted by atomic mass is 9.43. The minimum atomic E-state index is -1.44. The molecule has 10 atom stereocenters. The largest absolute Gasteiger partial charge is 0.481 e. The molecule has 3 saturated carbocycles. The van der Waals surface area contributed by atoms with Crippen molar-refractivity contribution in [1.82, 2.24) is 26.6 Å². The van der Waals surface area contributed by atoms with Crippen molar-refractivity contribution in [3.63, 3.8) is 0 Å². The molecule has 16 nitrogen and oxygen atoms in total. The number of carbonyl (C=O) groups is 5. The molecule has 1 saturated heterocycles. The van der Waals surface area contributed by atoms with E-state index in [0.717, 1.165) is 45.1 Å². The van der Waals surface area contributed by atoms with Crippen molar-refractivity contribution in [3.8, 4) is 0 Å². The summed E-state index contributed by atoms with van der Waals surface area (Å²) in [6, 6.07) is -4.52. The molecule has 4 aliphatic rings. The number of amides is 5. The number of unbranched alkanes of at least 4 members (excludes halogenated alkanes) is 12. The van der Waals surface area contributed by atoms with E-state index in [1.165, 1.54) is 58.8 Å². The maximum absolute atomic E-state index is 13.7. The van der Waals surface area contributed by atoms with Crippen LogP contribution in [-0.4, -0.2) is 109 Å². The van der Waals surface area contributed by atoms with E-state index in [2.05, 4.69) is 47.4 Å². The molecular weight excluding hydrogens is 779 g/mol. The molecule has 350 valence electrons. The number of rotatable bonds is 31. The SMILES string of the molecule is C[C@H](NC(=O)[C@H](CCCCN)NC(=O)[C@H](C)NC(=O)[C@@H](NC(=O)[C@H](CCN)NC(=O)CCCCCCCCCCCCCCN)[C@@H](C)O)B1O[C@@H]2C[C@@H]3C[C@@H](C3(C)C)[C@]2(C)O1. The van der Waals surface area contributed by atoms with Crippen LogP contribution in [0.3, 0.4) is 0 Å². The van der Waals surface area contributed by atoms with Gasteiger partial charge in [0.25, 0.3) is 0 Å². The minimum absolute atomic E-state index is 0.0458. The first-order chi connectivity index (χ1) is 29.0. The van der Waals surface area contributed by atoms with Crippen molar-refractivity contribution >= 4 is 36.7 Å². The molecule has 0 aromatic carbocycles. The zero-order valence-electron chi connectivity index (χ0n) is 38.4. The molecule has 1 heterocycles. The third-order valence-corrected chi connectivity index (χ3v) is 13.6. The Hall–Kier alpha value is -2.83. The van der Waals surface area contributed by atoms with Crippen LogP contribution in [-0.2, 0) is 33.3 Å². The summed E-state index contributed by atoms with van der Waals surface area (Å²) in [5, 5.41) is 24.1. The highest BCUT2D eigenvalue weighted by Crippen LogP contribution is 2.65. The summed E-state index contributed by atoms with van der Waals surface area (Å²) in [6.45, 7) is 12.6. The second-order valence-corrected chi connectivity index (χ2v) is 18.9. The first-order valence-electron chi connectivity index (χ1n) is 23.6. The van der Waals surface area contributed by atoms with Gasteiger partial charge in [-0.05, 0) is 116 Å². The standard InChI is InChI=1S/C44H83BN8O8/c1-29(39(56)52-33(21-18-20-25-47)40(57)50-31(3)45-60-36-28-32-27-35(43(32,4)5)44(36,6)61-45)49-42(59)38(30(2)54)53-41(58)34(23-26-48)51-37(55)22-17-15-13-11-9-7-8-10-12-14-16-19-24-46/h29-36,38,54H,7-28,46-48H2,1-6H3,(H,49,59)(H,50,57)(H,51,55)(H,52,56)(H,53,58)/t29-,30+,31-,32-,33-,34-,35-,36+,38-,44-/m0/s1. The summed E-state index contributed by atoms with van der Waals surface area (Å²) < 4.78 is 12.9. The lowest BCUT2D eigenvalue weighted by molar-refractivity contribution is -0.199. The van der Waals surface area contributed by atoms with E-state index in [1.807, 2.05) is 6.92 Å². The van der Waals surface area contributed by atoms with E-state index in [1.54, 1.807) is 0 Å². The van der Waals surface area contributed by atoms with Crippen molar-refractivity contribution in [2.75, 3.05) is 19.6 Å². The van der Waals surface area contributed by atoms with E-state index in [4.69, 9.17) is 26.5 Å². The van der Waals surface area contributed by atoms with Gasteiger partial charge < -0.3 is 58.2 Å². The quantitative estimate of drug-likeness (QED) is 0.0362. The number of hydrogen-bond donors (Lipinski definition) is 9. The van der Waals surface area contributed by atoms with Gasteiger partial charge in [0.1, 0.15) is 24.2 Å². The molecule has 4 fully saturated rings. The van der Waals surface area contributed by atoms with Gasteiger partial charge >= 0.3 is 7.12 Å². The van der Waals surface area contributed by atoms with Crippen LogP contribution in [0.1, 0.15) is 164 Å². The smallest absolute Gasteiger partial charge is 0.404 e. The fourth-order valence-corrected chi connectivity index (χ4v) is 9.49. The molecule has 61 heavy (non-hydrogen) atoms. The van der Waals surface area contributed by atoms with E-state index in [-0.39, 0.29) is 36.8 Å². The predicted octanol–water partition coefficient (Wildman–Crippen LogP) is 2.61. The minimum Gasteiger partial charge on any atom is -0.404 e. The number of nitrogens with two attached hydrogens (primary N) is 3. The van der Waals surface area contributed by atoms with Gasteiger partial charge in [-0.3, -0.25) is 24.0 Å². The summed E-state index contributed by atoms with van der Waals surface area (Å²) in [5.74, 6) is -2.36. The lowest BCUT2D eigenvalue weighted by Crippen LogP contribution is -2.65. The zero-order valence-corrected chi connectivity index (χ0v) is 38.4. The molecule has 0 aromatic heterocycles. The summed E-state index contributed by atoms with van der Waals surface area (Å²) in [4.78, 5) is 66.6. The van der Waals surface area contributed by atoms with Crippen LogP contribution >= 0.6 is 0 Å². The Balaban J connectivity index is 1.45. The van der Waals surface area contributed by atoms with Gasteiger partial charge in [-0.15, -0.1) is 0 Å². The Kier molecular flexibility index (Phi) is 22.5. The van der Waals surface area contributed by atoms with Gasteiger partial charge in [0.2, 0.25) is 29.5 Å². The maximum Gasteiger partial charge on any atom is 0.481 e. The predicted molar refractivity (Wildman–Crippen MR) is 238 cm³/mol. The normalized spacial score (nSPS) is 24.2. The fourth-order valence-electron chi connectivity index (χ4n) is 9.49. The summed E-state index contributed by atoms with van der Waals surface area (Å²) in [5.41, 5.74) is 16.8. The molecule has 5 amide bonds. The van der Waals surface area contributed by atoms with E-state index >= 15 is 0 Å². The highest BCUT2D eigenvalue weighted by molar-refractivity contribution is 6.47. The maximum atomic E-state index is 13.7. The van der Waals surface area contributed by atoms with Gasteiger partial charge in [-0.25, -0.2) is 0 Å². The molecule has 12 N–H and O–H groups in total. The average Bonchev–Trinajstić information content (AvgIpc) is 3.58. The highest BCUT2D eigenvalue weighted by atomic mass is 16.7. The second kappa shape index (κ2) is 26.1. The number of aliphatic hydroxyl groups excluding tert-OH is 1.